The summed E-state index contributed by atoms with van der Waals surface area (Å²) in [6.07, 6.45) is 0. The Bertz CT molecular complexity index is 1010. The lowest BCUT2D eigenvalue weighted by Crippen LogP contribution is -2.16. The lowest BCUT2D eigenvalue weighted by Gasteiger charge is -2.08. The zero-order valence-electron chi connectivity index (χ0n) is 14.1. The van der Waals surface area contributed by atoms with Gasteiger partial charge in [0.2, 0.25) is 0 Å². The van der Waals surface area contributed by atoms with Crippen molar-refractivity contribution in [2.24, 2.45) is 0 Å². The first-order chi connectivity index (χ1) is 13.0. The summed E-state index contributed by atoms with van der Waals surface area (Å²) in [5.41, 5.74) is 1.20. The van der Waals surface area contributed by atoms with Gasteiger partial charge in [-0.25, -0.2) is 0 Å². The first-order valence-electron chi connectivity index (χ1n) is 8.15. The summed E-state index contributed by atoms with van der Waals surface area (Å²) in [4.78, 5) is 15.4. The first kappa shape index (κ1) is 20.4. The van der Waals surface area contributed by atoms with Gasteiger partial charge in [-0.3, -0.25) is 9.48 Å². The average Bonchev–Trinajstić information content (AvgIpc) is 2.96. The van der Waals surface area contributed by atoms with Gasteiger partial charge in [0, 0.05) is 11.9 Å². The second-order valence-electron chi connectivity index (χ2n) is 5.73. The number of anilines is 1. The van der Waals surface area contributed by atoms with Gasteiger partial charge in [0.1, 0.15) is 15.0 Å². The molecule has 3 aromatic rings. The molecule has 7 nitrogen and oxygen atoms in total. The number of ether oxygens (including phenoxy) is 1. The molecular formula is C17H17Cl2IN4O3. The van der Waals surface area contributed by atoms with Gasteiger partial charge >= 0.3 is 0 Å². The molecule has 144 valence electrons. The van der Waals surface area contributed by atoms with E-state index in [1.54, 1.807) is 16.8 Å². The SMILES string of the molecule is O=c1[nH]c(NCc2ccc(Cl)c(Cl)c2)cc2c(I)nn(CCOCCO)c12. The van der Waals surface area contributed by atoms with Crippen molar-refractivity contribution in [1.82, 2.24) is 14.8 Å². The molecule has 3 N–H and O–H groups in total. The average molecular weight is 523 g/mol. The van der Waals surface area contributed by atoms with Crippen LogP contribution >= 0.6 is 45.8 Å². The molecule has 0 amide bonds. The van der Waals surface area contributed by atoms with Crippen molar-refractivity contribution in [3.63, 3.8) is 0 Å². The van der Waals surface area contributed by atoms with E-state index in [0.29, 0.717) is 41.1 Å². The maximum Gasteiger partial charge on any atom is 0.275 e. The smallest absolute Gasteiger partial charge is 0.275 e. The molecule has 0 fully saturated rings. The minimum Gasteiger partial charge on any atom is -0.394 e. The van der Waals surface area contributed by atoms with Crippen LogP contribution in [0.3, 0.4) is 0 Å². The molecule has 0 spiro atoms. The number of aromatic amines is 1. The van der Waals surface area contributed by atoms with Crippen molar-refractivity contribution in [2.45, 2.75) is 13.1 Å². The molecule has 0 aliphatic carbocycles. The maximum atomic E-state index is 12.6. The topological polar surface area (TPSA) is 92.2 Å². The quantitative estimate of drug-likeness (QED) is 0.312. The van der Waals surface area contributed by atoms with E-state index >= 15 is 0 Å². The van der Waals surface area contributed by atoms with Crippen LogP contribution < -0.4 is 10.9 Å². The molecule has 0 bridgehead atoms. The lowest BCUT2D eigenvalue weighted by atomic mass is 10.2. The highest BCUT2D eigenvalue weighted by Crippen LogP contribution is 2.23. The number of benzene rings is 1. The van der Waals surface area contributed by atoms with E-state index in [4.69, 9.17) is 33.0 Å². The number of aliphatic hydroxyl groups excluding tert-OH is 1. The number of nitrogens with zero attached hydrogens (tertiary/aromatic N) is 2. The third-order valence-corrected chi connectivity index (χ3v) is 5.38. The minimum atomic E-state index is -0.235. The van der Waals surface area contributed by atoms with Crippen LogP contribution in [0, 0.1) is 3.70 Å². The molecule has 0 radical (unpaired) electrons. The zero-order valence-corrected chi connectivity index (χ0v) is 17.8. The van der Waals surface area contributed by atoms with Gasteiger partial charge in [-0.05, 0) is 46.4 Å². The van der Waals surface area contributed by atoms with Gasteiger partial charge < -0.3 is 20.1 Å². The predicted molar refractivity (Wildman–Crippen MR) is 115 cm³/mol. The number of hydrogen-bond acceptors (Lipinski definition) is 5. The summed E-state index contributed by atoms with van der Waals surface area (Å²) in [6, 6.07) is 7.24. The van der Waals surface area contributed by atoms with E-state index in [9.17, 15) is 4.79 Å². The summed E-state index contributed by atoms with van der Waals surface area (Å²) < 4.78 is 7.61. The Morgan fingerprint density at radius 3 is 2.81 bits per heavy atom. The molecule has 10 heteroatoms. The number of rotatable bonds is 8. The molecule has 0 saturated carbocycles. The fraction of sp³-hybridized carbons (Fsp3) is 0.294. The van der Waals surface area contributed by atoms with Gasteiger partial charge in [-0.1, -0.05) is 29.3 Å². The number of aliphatic hydroxyl groups is 1. The Labute approximate surface area is 178 Å². The summed E-state index contributed by atoms with van der Waals surface area (Å²) in [6.45, 7) is 1.50. The van der Waals surface area contributed by atoms with Gasteiger partial charge in [-0.2, -0.15) is 5.10 Å². The van der Waals surface area contributed by atoms with Crippen molar-refractivity contribution in [3.05, 3.63) is 53.9 Å². The summed E-state index contributed by atoms with van der Waals surface area (Å²) in [5, 5.41) is 18.1. The third-order valence-electron chi connectivity index (χ3n) is 3.85. The Morgan fingerprint density at radius 1 is 1.26 bits per heavy atom. The highest BCUT2D eigenvalue weighted by molar-refractivity contribution is 14.1. The number of pyridine rings is 1. The van der Waals surface area contributed by atoms with Crippen LogP contribution in [-0.2, 0) is 17.8 Å². The molecule has 0 atom stereocenters. The standard InChI is InChI=1S/C17H17Cl2IN4O3/c18-12-2-1-10(7-13(12)19)9-21-14-8-11-15(17(26)22-14)24(23-16(11)20)3-5-27-6-4-25/h1-2,7-8,25H,3-6,9H2,(H2,21,22,26). The number of hydrogen-bond donors (Lipinski definition) is 3. The largest absolute Gasteiger partial charge is 0.394 e. The highest BCUT2D eigenvalue weighted by Gasteiger charge is 2.13. The molecule has 1 aromatic carbocycles. The highest BCUT2D eigenvalue weighted by atomic mass is 127. The van der Waals surface area contributed by atoms with E-state index in [1.807, 2.05) is 12.1 Å². The van der Waals surface area contributed by atoms with Crippen LogP contribution in [0.1, 0.15) is 5.56 Å². The van der Waals surface area contributed by atoms with Gasteiger partial charge in [-0.15, -0.1) is 0 Å². The molecular weight excluding hydrogens is 506 g/mol. The Balaban J connectivity index is 1.78. The van der Waals surface area contributed by atoms with Crippen LogP contribution in [0.4, 0.5) is 5.82 Å². The maximum absolute atomic E-state index is 12.6. The van der Waals surface area contributed by atoms with Crippen molar-refractivity contribution >= 4 is 62.5 Å². The van der Waals surface area contributed by atoms with Crippen LogP contribution in [0.2, 0.25) is 10.0 Å². The first-order valence-corrected chi connectivity index (χ1v) is 9.99. The van der Waals surface area contributed by atoms with Gasteiger partial charge in [0.25, 0.3) is 5.56 Å². The molecule has 2 heterocycles. The van der Waals surface area contributed by atoms with E-state index in [2.05, 4.69) is 38.0 Å². The number of aromatic nitrogens is 3. The number of nitrogens with one attached hydrogen (secondary N) is 2. The lowest BCUT2D eigenvalue weighted by molar-refractivity contribution is 0.0859. The minimum absolute atomic E-state index is 0.0359. The van der Waals surface area contributed by atoms with Crippen LogP contribution in [0.25, 0.3) is 10.9 Å². The molecule has 0 unspecified atom stereocenters. The fourth-order valence-electron chi connectivity index (χ4n) is 2.60. The van der Waals surface area contributed by atoms with Gasteiger partial charge in [0.05, 0.1) is 36.4 Å². The van der Waals surface area contributed by atoms with Crippen LogP contribution in [-0.4, -0.2) is 39.7 Å². The number of halogens is 3. The fourth-order valence-corrected chi connectivity index (χ4v) is 3.59. The van der Waals surface area contributed by atoms with E-state index in [1.165, 1.54) is 0 Å². The molecule has 0 aliphatic heterocycles. The van der Waals surface area contributed by atoms with E-state index in [-0.39, 0.29) is 18.8 Å². The Kier molecular flexibility index (Phi) is 6.99. The number of H-pyrrole nitrogens is 1. The second kappa shape index (κ2) is 9.24. The van der Waals surface area contributed by atoms with E-state index in [0.717, 1.165) is 14.7 Å². The van der Waals surface area contributed by atoms with E-state index < -0.39 is 0 Å². The van der Waals surface area contributed by atoms with Gasteiger partial charge in [0.15, 0.2) is 0 Å². The summed E-state index contributed by atoms with van der Waals surface area (Å²) >= 11 is 14.1. The molecule has 3 rings (SSSR count). The molecule has 0 saturated heterocycles. The monoisotopic (exact) mass is 522 g/mol. The summed E-state index contributed by atoms with van der Waals surface area (Å²) in [7, 11) is 0. The molecule has 2 aromatic heterocycles. The molecule has 27 heavy (non-hydrogen) atoms. The third kappa shape index (κ3) is 4.94. The van der Waals surface area contributed by atoms with Crippen molar-refractivity contribution in [2.75, 3.05) is 25.1 Å². The van der Waals surface area contributed by atoms with Crippen LogP contribution in [0.5, 0.6) is 0 Å². The zero-order chi connectivity index (χ0) is 19.4. The van der Waals surface area contributed by atoms with Crippen molar-refractivity contribution in [1.29, 1.82) is 0 Å². The Hall–Kier alpha value is -1.33. The van der Waals surface area contributed by atoms with Crippen molar-refractivity contribution < 1.29 is 9.84 Å². The Morgan fingerprint density at radius 2 is 2.07 bits per heavy atom. The summed E-state index contributed by atoms with van der Waals surface area (Å²) in [5.74, 6) is 0.590. The number of fused-ring (bicyclic) bond motifs is 1. The van der Waals surface area contributed by atoms with Crippen LogP contribution in [0.15, 0.2) is 29.1 Å². The second-order valence-corrected chi connectivity index (χ2v) is 7.56. The normalized spacial score (nSPS) is 11.3. The molecule has 0 aliphatic rings. The van der Waals surface area contributed by atoms with Crippen molar-refractivity contribution in [3.8, 4) is 0 Å². The predicted octanol–water partition coefficient (Wildman–Crippen LogP) is 3.26.